The number of aromatic nitrogens is 3. The molecule has 0 bridgehead atoms. The molecule has 0 amide bonds. The SMILES string of the molecule is Fc1cccc(COc2ccc(Nc3ncnc4ccc(Br)cc34)cc2Cl)n1. The molecule has 0 unspecified atom stereocenters. The molecule has 4 rings (SSSR count). The van der Waals surface area contributed by atoms with Crippen LogP contribution in [0.15, 0.2) is 65.4 Å². The van der Waals surface area contributed by atoms with E-state index in [9.17, 15) is 4.39 Å². The molecule has 0 aliphatic heterocycles. The van der Waals surface area contributed by atoms with E-state index >= 15 is 0 Å². The molecule has 0 fully saturated rings. The summed E-state index contributed by atoms with van der Waals surface area (Å²) in [6, 6.07) is 15.6. The van der Waals surface area contributed by atoms with Crippen LogP contribution in [0.4, 0.5) is 15.9 Å². The van der Waals surface area contributed by atoms with Crippen molar-refractivity contribution < 1.29 is 9.13 Å². The van der Waals surface area contributed by atoms with Gasteiger partial charge in [-0.1, -0.05) is 33.6 Å². The lowest BCUT2D eigenvalue weighted by Gasteiger charge is -2.12. The largest absolute Gasteiger partial charge is 0.486 e. The Hall–Kier alpha value is -2.77. The summed E-state index contributed by atoms with van der Waals surface area (Å²) >= 11 is 9.80. The number of fused-ring (bicyclic) bond motifs is 1. The standard InChI is InChI=1S/C20H13BrClFN4O/c21-12-4-6-17-15(8-12)20(25-11-24-17)27-13-5-7-18(16(22)9-13)28-10-14-2-1-3-19(23)26-14/h1-9,11H,10H2,(H,24,25,27). The minimum atomic E-state index is -0.546. The van der Waals surface area contributed by atoms with Gasteiger partial charge in [0.05, 0.1) is 16.2 Å². The summed E-state index contributed by atoms with van der Waals surface area (Å²) < 4.78 is 19.7. The van der Waals surface area contributed by atoms with Crippen LogP contribution >= 0.6 is 27.5 Å². The Morgan fingerprint density at radius 3 is 2.79 bits per heavy atom. The number of anilines is 2. The molecule has 140 valence electrons. The Labute approximate surface area is 173 Å². The van der Waals surface area contributed by atoms with E-state index in [0.717, 1.165) is 21.1 Å². The van der Waals surface area contributed by atoms with E-state index in [4.69, 9.17) is 16.3 Å². The maximum Gasteiger partial charge on any atom is 0.213 e. The van der Waals surface area contributed by atoms with E-state index < -0.39 is 5.95 Å². The fraction of sp³-hybridized carbons (Fsp3) is 0.0500. The molecule has 2 heterocycles. The number of halogens is 3. The van der Waals surface area contributed by atoms with Gasteiger partial charge in [-0.05, 0) is 48.5 Å². The molecule has 0 atom stereocenters. The van der Waals surface area contributed by atoms with Crippen molar-refractivity contribution >= 4 is 49.9 Å². The number of nitrogens with zero attached hydrogens (tertiary/aromatic N) is 3. The molecule has 5 nitrogen and oxygen atoms in total. The summed E-state index contributed by atoms with van der Waals surface area (Å²) in [7, 11) is 0. The van der Waals surface area contributed by atoms with Crippen molar-refractivity contribution in [1.29, 1.82) is 0 Å². The minimum absolute atomic E-state index is 0.120. The van der Waals surface area contributed by atoms with E-state index in [2.05, 4.69) is 36.2 Å². The Bertz CT molecular complexity index is 1160. The summed E-state index contributed by atoms with van der Waals surface area (Å²) in [6.45, 7) is 0.120. The zero-order chi connectivity index (χ0) is 19.5. The van der Waals surface area contributed by atoms with E-state index in [1.807, 2.05) is 24.3 Å². The van der Waals surface area contributed by atoms with E-state index in [1.165, 1.54) is 12.4 Å². The van der Waals surface area contributed by atoms with E-state index in [1.54, 1.807) is 24.3 Å². The summed E-state index contributed by atoms with van der Waals surface area (Å²) in [6.07, 6.45) is 1.50. The van der Waals surface area contributed by atoms with Crippen molar-refractivity contribution in [3.05, 3.63) is 82.1 Å². The van der Waals surface area contributed by atoms with Crippen LogP contribution in [0.1, 0.15) is 5.69 Å². The number of ether oxygens (including phenoxy) is 1. The molecule has 0 aliphatic carbocycles. The third-order valence-corrected chi connectivity index (χ3v) is 4.73. The number of benzene rings is 2. The first kappa shape index (κ1) is 18.6. The predicted octanol–water partition coefficient (Wildman–Crippen LogP) is 5.90. The molecule has 2 aromatic heterocycles. The molecule has 1 N–H and O–H groups in total. The van der Waals surface area contributed by atoms with Gasteiger partial charge in [0, 0.05) is 15.5 Å². The molecule has 0 saturated heterocycles. The molecule has 0 aliphatic rings. The quantitative estimate of drug-likeness (QED) is 0.376. The number of rotatable bonds is 5. The fourth-order valence-electron chi connectivity index (χ4n) is 2.64. The average molecular weight is 460 g/mol. The average Bonchev–Trinajstić information content (AvgIpc) is 2.68. The van der Waals surface area contributed by atoms with Crippen molar-refractivity contribution in [2.45, 2.75) is 6.61 Å². The highest BCUT2D eigenvalue weighted by molar-refractivity contribution is 9.10. The molecule has 4 aromatic rings. The van der Waals surface area contributed by atoms with Gasteiger partial charge in [0.15, 0.2) is 0 Å². The minimum Gasteiger partial charge on any atom is -0.486 e. The predicted molar refractivity (Wildman–Crippen MR) is 110 cm³/mol. The summed E-state index contributed by atoms with van der Waals surface area (Å²) in [4.78, 5) is 12.3. The number of pyridine rings is 1. The second-order valence-corrected chi connectivity index (χ2v) is 7.22. The van der Waals surface area contributed by atoms with Crippen molar-refractivity contribution in [1.82, 2.24) is 15.0 Å². The first-order valence-electron chi connectivity index (χ1n) is 8.29. The third kappa shape index (κ3) is 4.21. The summed E-state index contributed by atoms with van der Waals surface area (Å²) in [5.41, 5.74) is 2.06. The Morgan fingerprint density at radius 1 is 1.07 bits per heavy atom. The highest BCUT2D eigenvalue weighted by Gasteiger charge is 2.08. The lowest BCUT2D eigenvalue weighted by atomic mass is 10.2. The van der Waals surface area contributed by atoms with Gasteiger partial charge in [-0.3, -0.25) is 0 Å². The Morgan fingerprint density at radius 2 is 1.96 bits per heavy atom. The van der Waals surface area contributed by atoms with Gasteiger partial charge in [0.1, 0.15) is 24.5 Å². The van der Waals surface area contributed by atoms with Gasteiger partial charge in [-0.15, -0.1) is 0 Å². The Balaban J connectivity index is 1.53. The van der Waals surface area contributed by atoms with Crippen LogP contribution in [0, 0.1) is 5.95 Å². The molecule has 0 saturated carbocycles. The van der Waals surface area contributed by atoms with Gasteiger partial charge in [0.2, 0.25) is 5.95 Å². The maximum atomic E-state index is 13.2. The van der Waals surface area contributed by atoms with Crippen LogP contribution in [0.3, 0.4) is 0 Å². The van der Waals surface area contributed by atoms with Crippen molar-refractivity contribution in [3.8, 4) is 5.75 Å². The highest BCUT2D eigenvalue weighted by Crippen LogP contribution is 2.31. The number of hydrogen-bond acceptors (Lipinski definition) is 5. The molecule has 0 radical (unpaired) electrons. The first-order valence-corrected chi connectivity index (χ1v) is 9.47. The van der Waals surface area contributed by atoms with Crippen molar-refractivity contribution in [3.63, 3.8) is 0 Å². The molecule has 0 spiro atoms. The lowest BCUT2D eigenvalue weighted by Crippen LogP contribution is -2.00. The smallest absolute Gasteiger partial charge is 0.213 e. The monoisotopic (exact) mass is 458 g/mol. The van der Waals surface area contributed by atoms with E-state index in [0.29, 0.717) is 22.3 Å². The number of hydrogen-bond donors (Lipinski definition) is 1. The first-order chi connectivity index (χ1) is 13.6. The highest BCUT2D eigenvalue weighted by atomic mass is 79.9. The molecular weight excluding hydrogens is 447 g/mol. The molecule has 8 heteroatoms. The molecular formula is C20H13BrClFN4O. The van der Waals surface area contributed by atoms with Gasteiger partial charge >= 0.3 is 0 Å². The van der Waals surface area contributed by atoms with Gasteiger partial charge < -0.3 is 10.1 Å². The van der Waals surface area contributed by atoms with Crippen molar-refractivity contribution in [2.24, 2.45) is 0 Å². The molecule has 28 heavy (non-hydrogen) atoms. The second kappa shape index (κ2) is 8.08. The van der Waals surface area contributed by atoms with Gasteiger partial charge in [-0.2, -0.15) is 4.39 Å². The topological polar surface area (TPSA) is 59.9 Å². The van der Waals surface area contributed by atoms with Crippen LogP contribution in [0.2, 0.25) is 5.02 Å². The summed E-state index contributed by atoms with van der Waals surface area (Å²) in [5.74, 6) is 0.601. The van der Waals surface area contributed by atoms with Gasteiger partial charge in [0.25, 0.3) is 0 Å². The van der Waals surface area contributed by atoms with Crippen LogP contribution in [0.5, 0.6) is 5.75 Å². The van der Waals surface area contributed by atoms with E-state index in [-0.39, 0.29) is 6.61 Å². The fourth-order valence-corrected chi connectivity index (χ4v) is 3.24. The van der Waals surface area contributed by atoms with Crippen LogP contribution in [-0.2, 0) is 6.61 Å². The van der Waals surface area contributed by atoms with Crippen LogP contribution in [0.25, 0.3) is 10.9 Å². The zero-order valence-corrected chi connectivity index (χ0v) is 16.7. The lowest BCUT2D eigenvalue weighted by molar-refractivity contribution is 0.299. The van der Waals surface area contributed by atoms with Gasteiger partial charge in [-0.25, -0.2) is 15.0 Å². The molecule has 2 aromatic carbocycles. The number of nitrogens with one attached hydrogen (secondary N) is 1. The van der Waals surface area contributed by atoms with Crippen LogP contribution in [-0.4, -0.2) is 15.0 Å². The van der Waals surface area contributed by atoms with Crippen LogP contribution < -0.4 is 10.1 Å². The summed E-state index contributed by atoms with van der Waals surface area (Å²) in [5, 5.41) is 4.55. The second-order valence-electron chi connectivity index (χ2n) is 5.89. The normalized spacial score (nSPS) is 10.8. The zero-order valence-electron chi connectivity index (χ0n) is 14.4. The maximum absolute atomic E-state index is 13.2. The Kier molecular flexibility index (Phi) is 5.36. The van der Waals surface area contributed by atoms with Crippen molar-refractivity contribution in [2.75, 3.05) is 5.32 Å². The third-order valence-electron chi connectivity index (χ3n) is 3.94.